The molecule has 6 nitrogen and oxygen atoms in total. The Balaban J connectivity index is 1.48. The van der Waals surface area contributed by atoms with E-state index in [0.29, 0.717) is 0 Å². The van der Waals surface area contributed by atoms with E-state index in [0.717, 1.165) is 57.0 Å². The maximum Gasteiger partial charge on any atom is 0.191 e. The van der Waals surface area contributed by atoms with Crippen molar-refractivity contribution >= 4 is 5.96 Å². The SMILES string of the molecule is CCN(CCNC(=NC)NCC(c1ccco1)N1CCCCC1)C1CC1. The van der Waals surface area contributed by atoms with E-state index < -0.39 is 0 Å². The third-order valence-corrected chi connectivity index (χ3v) is 5.55. The second kappa shape index (κ2) is 9.97. The maximum atomic E-state index is 5.73. The summed E-state index contributed by atoms with van der Waals surface area (Å²) >= 11 is 0. The van der Waals surface area contributed by atoms with Crippen molar-refractivity contribution in [3.63, 3.8) is 0 Å². The number of aliphatic imine (C=N–C) groups is 1. The van der Waals surface area contributed by atoms with E-state index in [2.05, 4.69) is 38.4 Å². The van der Waals surface area contributed by atoms with E-state index >= 15 is 0 Å². The van der Waals surface area contributed by atoms with Gasteiger partial charge in [0.25, 0.3) is 0 Å². The molecule has 1 atom stereocenters. The molecule has 1 aliphatic heterocycles. The van der Waals surface area contributed by atoms with E-state index in [9.17, 15) is 0 Å². The predicted octanol–water partition coefficient (Wildman–Crippen LogP) is 2.46. The molecule has 2 aliphatic rings. The van der Waals surface area contributed by atoms with Gasteiger partial charge in [0.15, 0.2) is 5.96 Å². The fourth-order valence-corrected chi connectivity index (χ4v) is 3.89. The molecule has 0 radical (unpaired) electrons. The summed E-state index contributed by atoms with van der Waals surface area (Å²) in [6, 6.07) is 5.16. The second-order valence-corrected chi connectivity index (χ2v) is 7.37. The van der Waals surface area contributed by atoms with Gasteiger partial charge in [-0.2, -0.15) is 0 Å². The number of guanidine groups is 1. The lowest BCUT2D eigenvalue weighted by Gasteiger charge is -2.33. The molecule has 1 unspecified atom stereocenters. The number of likely N-dealkylation sites (tertiary alicyclic amines) is 1. The van der Waals surface area contributed by atoms with Crippen LogP contribution in [-0.2, 0) is 0 Å². The summed E-state index contributed by atoms with van der Waals surface area (Å²) in [6.07, 6.45) is 8.39. The Hall–Kier alpha value is -1.53. The van der Waals surface area contributed by atoms with E-state index in [1.54, 1.807) is 6.26 Å². The molecule has 2 N–H and O–H groups in total. The first-order valence-corrected chi connectivity index (χ1v) is 10.3. The van der Waals surface area contributed by atoms with E-state index in [1.807, 2.05) is 13.1 Å². The van der Waals surface area contributed by atoms with Crippen molar-refractivity contribution in [2.24, 2.45) is 4.99 Å². The standard InChI is InChI=1S/C20H35N5O/c1-3-24(17-9-10-17)14-11-22-20(21-2)23-16-18(19-8-7-15-26-19)25-12-5-4-6-13-25/h7-8,15,17-18H,3-6,9-14,16H2,1-2H3,(H2,21,22,23). The molecule has 2 fully saturated rings. The minimum absolute atomic E-state index is 0.266. The highest BCUT2D eigenvalue weighted by atomic mass is 16.3. The summed E-state index contributed by atoms with van der Waals surface area (Å²) in [5.74, 6) is 1.92. The number of nitrogens with one attached hydrogen (secondary N) is 2. The molecule has 0 bridgehead atoms. The number of piperidine rings is 1. The quantitative estimate of drug-likeness (QED) is 0.523. The normalized spacial score (nSPS) is 20.3. The molecule has 3 rings (SSSR count). The highest BCUT2D eigenvalue weighted by molar-refractivity contribution is 5.79. The molecule has 2 heterocycles. The first-order chi connectivity index (χ1) is 12.8. The van der Waals surface area contributed by atoms with Crippen LogP contribution in [0.25, 0.3) is 0 Å². The Kier molecular flexibility index (Phi) is 7.38. The molecule has 0 spiro atoms. The van der Waals surface area contributed by atoms with Crippen LogP contribution in [0.1, 0.15) is 50.8 Å². The van der Waals surface area contributed by atoms with Crippen LogP contribution in [0.3, 0.4) is 0 Å². The lowest BCUT2D eigenvalue weighted by atomic mass is 10.1. The molecule has 0 amide bonds. The van der Waals surface area contributed by atoms with Gasteiger partial charge in [-0.25, -0.2) is 0 Å². The number of rotatable bonds is 9. The zero-order chi connectivity index (χ0) is 18.2. The second-order valence-electron chi connectivity index (χ2n) is 7.37. The first-order valence-electron chi connectivity index (χ1n) is 10.3. The summed E-state index contributed by atoms with van der Waals surface area (Å²) in [6.45, 7) is 8.49. The third-order valence-electron chi connectivity index (χ3n) is 5.55. The van der Waals surface area contributed by atoms with Crippen LogP contribution in [0.5, 0.6) is 0 Å². The summed E-state index contributed by atoms with van der Waals surface area (Å²) < 4.78 is 5.73. The van der Waals surface area contributed by atoms with Crippen LogP contribution in [0.15, 0.2) is 27.8 Å². The molecule has 1 aromatic heterocycles. The van der Waals surface area contributed by atoms with Gasteiger partial charge in [-0.1, -0.05) is 13.3 Å². The monoisotopic (exact) mass is 361 g/mol. The Labute approximate surface area is 158 Å². The average Bonchev–Trinajstić information content (AvgIpc) is 3.39. The van der Waals surface area contributed by atoms with Gasteiger partial charge in [0.1, 0.15) is 5.76 Å². The van der Waals surface area contributed by atoms with Crippen molar-refractivity contribution < 1.29 is 4.42 Å². The molecular formula is C20H35N5O. The van der Waals surface area contributed by atoms with E-state index in [-0.39, 0.29) is 6.04 Å². The van der Waals surface area contributed by atoms with Gasteiger partial charge in [-0.15, -0.1) is 0 Å². The molecule has 1 aromatic rings. The third kappa shape index (κ3) is 5.48. The van der Waals surface area contributed by atoms with E-state index in [1.165, 1.54) is 32.1 Å². The number of furan rings is 1. The Morgan fingerprint density at radius 2 is 2.12 bits per heavy atom. The lowest BCUT2D eigenvalue weighted by molar-refractivity contribution is 0.146. The van der Waals surface area contributed by atoms with Crippen LogP contribution >= 0.6 is 0 Å². The number of nitrogens with zero attached hydrogens (tertiary/aromatic N) is 3. The van der Waals surface area contributed by atoms with Crippen molar-refractivity contribution in [1.82, 2.24) is 20.4 Å². The summed E-state index contributed by atoms with van der Waals surface area (Å²) in [4.78, 5) is 9.49. The van der Waals surface area contributed by atoms with Gasteiger partial charge in [0.05, 0.1) is 12.3 Å². The van der Waals surface area contributed by atoms with Crippen molar-refractivity contribution in [3.8, 4) is 0 Å². The van der Waals surface area contributed by atoms with Gasteiger partial charge in [-0.3, -0.25) is 14.8 Å². The van der Waals surface area contributed by atoms with Crippen molar-refractivity contribution in [2.45, 2.75) is 51.1 Å². The van der Waals surface area contributed by atoms with Crippen LogP contribution in [0.2, 0.25) is 0 Å². The smallest absolute Gasteiger partial charge is 0.191 e. The molecule has 1 saturated carbocycles. The van der Waals surface area contributed by atoms with Crippen molar-refractivity contribution in [2.75, 3.05) is 46.3 Å². The zero-order valence-corrected chi connectivity index (χ0v) is 16.4. The summed E-state index contributed by atoms with van der Waals surface area (Å²) in [7, 11) is 1.84. The van der Waals surface area contributed by atoms with Gasteiger partial charge in [0, 0.05) is 32.7 Å². The van der Waals surface area contributed by atoms with Gasteiger partial charge >= 0.3 is 0 Å². The molecule has 146 valence electrons. The van der Waals surface area contributed by atoms with Crippen molar-refractivity contribution in [3.05, 3.63) is 24.2 Å². The topological polar surface area (TPSA) is 56.0 Å². The average molecular weight is 362 g/mol. The largest absolute Gasteiger partial charge is 0.468 e. The molecule has 0 aromatic carbocycles. The Morgan fingerprint density at radius 1 is 1.31 bits per heavy atom. The van der Waals surface area contributed by atoms with Crippen LogP contribution in [-0.4, -0.2) is 68.1 Å². The number of hydrogen-bond acceptors (Lipinski definition) is 4. The number of hydrogen-bond donors (Lipinski definition) is 2. The van der Waals surface area contributed by atoms with Gasteiger partial charge in [0.2, 0.25) is 0 Å². The highest BCUT2D eigenvalue weighted by Crippen LogP contribution is 2.26. The molecule has 26 heavy (non-hydrogen) atoms. The van der Waals surface area contributed by atoms with E-state index in [4.69, 9.17) is 4.42 Å². The zero-order valence-electron chi connectivity index (χ0n) is 16.4. The minimum atomic E-state index is 0.266. The molecular weight excluding hydrogens is 326 g/mol. The molecule has 1 saturated heterocycles. The summed E-state index contributed by atoms with van der Waals surface area (Å²) in [5, 5.41) is 6.98. The van der Waals surface area contributed by atoms with Crippen LogP contribution in [0, 0.1) is 0 Å². The van der Waals surface area contributed by atoms with Crippen molar-refractivity contribution in [1.29, 1.82) is 0 Å². The summed E-state index contributed by atoms with van der Waals surface area (Å²) in [5.41, 5.74) is 0. The minimum Gasteiger partial charge on any atom is -0.468 e. The predicted molar refractivity (Wildman–Crippen MR) is 107 cm³/mol. The van der Waals surface area contributed by atoms with Gasteiger partial charge in [-0.05, 0) is 57.5 Å². The highest BCUT2D eigenvalue weighted by Gasteiger charge is 2.27. The lowest BCUT2D eigenvalue weighted by Crippen LogP contribution is -2.46. The first kappa shape index (κ1) is 19.2. The van der Waals surface area contributed by atoms with Crippen LogP contribution in [0.4, 0.5) is 0 Å². The fourth-order valence-electron chi connectivity index (χ4n) is 3.89. The molecule has 1 aliphatic carbocycles. The Bertz CT molecular complexity index is 534. The number of likely N-dealkylation sites (N-methyl/N-ethyl adjacent to an activating group) is 1. The molecule has 6 heteroatoms. The van der Waals surface area contributed by atoms with Gasteiger partial charge < -0.3 is 15.1 Å². The Morgan fingerprint density at radius 3 is 2.73 bits per heavy atom. The maximum absolute atomic E-state index is 5.73. The van der Waals surface area contributed by atoms with Crippen LogP contribution < -0.4 is 10.6 Å². The fraction of sp³-hybridized carbons (Fsp3) is 0.750.